The van der Waals surface area contributed by atoms with E-state index in [4.69, 9.17) is 0 Å². The summed E-state index contributed by atoms with van der Waals surface area (Å²) in [4.78, 5) is 23.7. The number of hydrogen-bond donors (Lipinski definition) is 2. The Balaban J connectivity index is 1.49. The summed E-state index contributed by atoms with van der Waals surface area (Å²) in [5.74, 6) is 0.859. The van der Waals surface area contributed by atoms with Gasteiger partial charge >= 0.3 is 6.03 Å². The van der Waals surface area contributed by atoms with Gasteiger partial charge in [0.25, 0.3) is 0 Å². The van der Waals surface area contributed by atoms with Crippen LogP contribution in [0.3, 0.4) is 0 Å². The van der Waals surface area contributed by atoms with E-state index in [9.17, 15) is 4.79 Å². The van der Waals surface area contributed by atoms with E-state index in [0.717, 1.165) is 43.7 Å². The molecule has 6 heteroatoms. The summed E-state index contributed by atoms with van der Waals surface area (Å²) in [7, 11) is 2.11. The van der Waals surface area contributed by atoms with Crippen molar-refractivity contribution in [2.45, 2.75) is 57.9 Å². The van der Waals surface area contributed by atoms with E-state index in [1.54, 1.807) is 0 Å². The Morgan fingerprint density at radius 3 is 2.83 bits per heavy atom. The maximum Gasteiger partial charge on any atom is 0.315 e. The van der Waals surface area contributed by atoms with Gasteiger partial charge in [-0.05, 0) is 43.4 Å². The molecule has 1 aliphatic rings. The Hall–Kier alpha value is -2.63. The molecule has 2 heterocycles. The van der Waals surface area contributed by atoms with Crippen molar-refractivity contribution in [3.8, 4) is 0 Å². The smallest absolute Gasteiger partial charge is 0.315 e. The predicted molar refractivity (Wildman–Crippen MR) is 117 cm³/mol. The lowest BCUT2D eigenvalue weighted by Crippen LogP contribution is -2.38. The Kier molecular flexibility index (Phi) is 6.72. The molecule has 0 saturated carbocycles. The molecule has 1 aliphatic heterocycles. The largest absolute Gasteiger partial charge is 0.374 e. The van der Waals surface area contributed by atoms with Crippen LogP contribution < -0.4 is 15.5 Å². The van der Waals surface area contributed by atoms with Gasteiger partial charge in [-0.2, -0.15) is 0 Å². The van der Waals surface area contributed by atoms with E-state index in [1.165, 1.54) is 11.3 Å². The maximum absolute atomic E-state index is 12.5. The van der Waals surface area contributed by atoms with Crippen LogP contribution in [0.1, 0.15) is 63.2 Å². The third-order valence-corrected chi connectivity index (χ3v) is 5.29. The summed E-state index contributed by atoms with van der Waals surface area (Å²) in [6.45, 7) is 7.96. The number of fused-ring (bicyclic) bond motifs is 1. The van der Waals surface area contributed by atoms with Crippen molar-refractivity contribution < 1.29 is 4.79 Å². The van der Waals surface area contributed by atoms with Crippen LogP contribution >= 0.6 is 0 Å². The molecular formula is C23H33N5O. The van der Waals surface area contributed by atoms with Crippen molar-refractivity contribution >= 4 is 11.7 Å². The Morgan fingerprint density at radius 2 is 2.03 bits per heavy atom. The molecule has 3 rings (SSSR count). The Morgan fingerprint density at radius 1 is 1.24 bits per heavy atom. The molecule has 1 aromatic carbocycles. The summed E-state index contributed by atoms with van der Waals surface area (Å²) in [6.07, 6.45) is 5.50. The SMILES string of the molecule is CN1CCCC(NC(=O)NCCCc2ccnc(C(C)(C)C)n2)c2ccccc21. The molecule has 2 aromatic rings. The van der Waals surface area contributed by atoms with E-state index >= 15 is 0 Å². The monoisotopic (exact) mass is 395 g/mol. The van der Waals surface area contributed by atoms with Crippen LogP contribution in [-0.4, -0.2) is 36.1 Å². The summed E-state index contributed by atoms with van der Waals surface area (Å²) in [6, 6.07) is 10.2. The van der Waals surface area contributed by atoms with E-state index in [-0.39, 0.29) is 17.5 Å². The zero-order chi connectivity index (χ0) is 20.9. The van der Waals surface area contributed by atoms with Crippen molar-refractivity contribution in [2.75, 3.05) is 25.0 Å². The molecule has 0 aliphatic carbocycles. The lowest BCUT2D eigenvalue weighted by Gasteiger charge is -2.22. The highest BCUT2D eigenvalue weighted by atomic mass is 16.2. The second kappa shape index (κ2) is 9.25. The lowest BCUT2D eigenvalue weighted by atomic mass is 9.95. The minimum absolute atomic E-state index is 0.0485. The second-order valence-electron chi connectivity index (χ2n) is 8.80. The van der Waals surface area contributed by atoms with E-state index < -0.39 is 0 Å². The van der Waals surface area contributed by atoms with E-state index in [2.05, 4.69) is 71.5 Å². The first-order valence-electron chi connectivity index (χ1n) is 10.5. The quantitative estimate of drug-likeness (QED) is 0.752. The maximum atomic E-state index is 12.5. The number of carbonyl (C=O) groups excluding carboxylic acids is 1. The summed E-state index contributed by atoms with van der Waals surface area (Å²) in [5.41, 5.74) is 3.36. The molecule has 1 aromatic heterocycles. The molecule has 156 valence electrons. The number of aryl methyl sites for hydroxylation is 1. The number of rotatable bonds is 5. The van der Waals surface area contributed by atoms with Crippen molar-refractivity contribution in [1.82, 2.24) is 20.6 Å². The minimum atomic E-state index is -0.104. The first-order chi connectivity index (χ1) is 13.8. The van der Waals surface area contributed by atoms with Gasteiger partial charge in [-0.25, -0.2) is 14.8 Å². The Bertz CT molecular complexity index is 830. The molecule has 0 saturated heterocycles. The average molecular weight is 396 g/mol. The lowest BCUT2D eigenvalue weighted by molar-refractivity contribution is 0.236. The van der Waals surface area contributed by atoms with Crippen LogP contribution in [0, 0.1) is 0 Å². The van der Waals surface area contributed by atoms with Gasteiger partial charge in [-0.15, -0.1) is 0 Å². The number of nitrogens with zero attached hydrogens (tertiary/aromatic N) is 3. The first-order valence-corrected chi connectivity index (χ1v) is 10.5. The molecule has 6 nitrogen and oxygen atoms in total. The fourth-order valence-electron chi connectivity index (χ4n) is 3.67. The Labute approximate surface area is 174 Å². The van der Waals surface area contributed by atoms with Crippen LogP contribution in [0.4, 0.5) is 10.5 Å². The standard InChI is InChI=1S/C23H33N5O/c1-23(2,3)21-24-15-13-17(26-21)9-7-14-25-22(29)27-19-11-8-16-28(4)20-12-6-5-10-18(19)20/h5-6,10,12-13,15,19H,7-9,11,14,16H2,1-4H3,(H2,25,27,29). The van der Waals surface area contributed by atoms with Gasteiger partial charge in [-0.3, -0.25) is 0 Å². The zero-order valence-corrected chi connectivity index (χ0v) is 18.0. The highest BCUT2D eigenvalue weighted by Crippen LogP contribution is 2.31. The number of para-hydroxylation sites is 1. The molecule has 2 N–H and O–H groups in total. The fourth-order valence-corrected chi connectivity index (χ4v) is 3.67. The summed E-state index contributed by atoms with van der Waals surface area (Å²) < 4.78 is 0. The average Bonchev–Trinajstić information content (AvgIpc) is 2.84. The van der Waals surface area contributed by atoms with Gasteiger partial charge in [0, 0.05) is 43.1 Å². The summed E-state index contributed by atoms with van der Waals surface area (Å²) in [5, 5.41) is 6.16. The van der Waals surface area contributed by atoms with Crippen LogP contribution in [0.25, 0.3) is 0 Å². The number of anilines is 1. The molecule has 0 spiro atoms. The molecule has 1 unspecified atom stereocenters. The van der Waals surface area contributed by atoms with Gasteiger partial charge in [0.2, 0.25) is 0 Å². The fraction of sp³-hybridized carbons (Fsp3) is 0.522. The predicted octanol–water partition coefficient (Wildman–Crippen LogP) is 3.98. The van der Waals surface area contributed by atoms with Gasteiger partial charge in [0.1, 0.15) is 5.82 Å². The van der Waals surface area contributed by atoms with Crippen LogP contribution in [0.5, 0.6) is 0 Å². The number of amides is 2. The molecule has 0 bridgehead atoms. The molecule has 2 amide bonds. The van der Waals surface area contributed by atoms with Crippen molar-refractivity contribution in [3.05, 3.63) is 53.6 Å². The number of benzene rings is 1. The van der Waals surface area contributed by atoms with Crippen LogP contribution in [0.15, 0.2) is 36.5 Å². The molecule has 0 fully saturated rings. The second-order valence-corrected chi connectivity index (χ2v) is 8.80. The van der Waals surface area contributed by atoms with E-state index in [0.29, 0.717) is 6.54 Å². The number of carbonyl (C=O) groups is 1. The number of nitrogens with one attached hydrogen (secondary N) is 2. The summed E-state index contributed by atoms with van der Waals surface area (Å²) >= 11 is 0. The molecular weight excluding hydrogens is 362 g/mol. The van der Waals surface area contributed by atoms with Gasteiger partial charge in [-0.1, -0.05) is 39.0 Å². The first kappa shape index (κ1) is 21.1. The highest BCUT2D eigenvalue weighted by Gasteiger charge is 2.22. The van der Waals surface area contributed by atoms with E-state index in [1.807, 2.05) is 18.3 Å². The normalized spacial score (nSPS) is 16.7. The molecule has 1 atom stereocenters. The van der Waals surface area contributed by atoms with Crippen LogP contribution in [0.2, 0.25) is 0 Å². The number of aromatic nitrogens is 2. The molecule has 0 radical (unpaired) electrons. The van der Waals surface area contributed by atoms with Gasteiger partial charge in [0.15, 0.2) is 0 Å². The van der Waals surface area contributed by atoms with Crippen molar-refractivity contribution in [3.63, 3.8) is 0 Å². The number of urea groups is 1. The number of hydrogen-bond acceptors (Lipinski definition) is 4. The third-order valence-electron chi connectivity index (χ3n) is 5.29. The zero-order valence-electron chi connectivity index (χ0n) is 18.0. The highest BCUT2D eigenvalue weighted by molar-refractivity contribution is 5.75. The minimum Gasteiger partial charge on any atom is -0.374 e. The molecule has 29 heavy (non-hydrogen) atoms. The van der Waals surface area contributed by atoms with Gasteiger partial charge in [0.05, 0.1) is 6.04 Å². The van der Waals surface area contributed by atoms with Crippen molar-refractivity contribution in [1.29, 1.82) is 0 Å². The third kappa shape index (κ3) is 5.68. The topological polar surface area (TPSA) is 70.2 Å². The van der Waals surface area contributed by atoms with Gasteiger partial charge < -0.3 is 15.5 Å². The van der Waals surface area contributed by atoms with Crippen LogP contribution in [-0.2, 0) is 11.8 Å². The van der Waals surface area contributed by atoms with Crippen molar-refractivity contribution in [2.24, 2.45) is 0 Å².